The van der Waals surface area contributed by atoms with Gasteiger partial charge in [0.2, 0.25) is 0 Å². The van der Waals surface area contributed by atoms with E-state index in [1.54, 1.807) is 12.1 Å². The van der Waals surface area contributed by atoms with Gasteiger partial charge < -0.3 is 5.11 Å². The number of hydrogen-bond acceptors (Lipinski definition) is 2. The fraction of sp³-hybridized carbons (Fsp3) is 0.500. The van der Waals surface area contributed by atoms with E-state index in [1.807, 2.05) is 0 Å². The molecule has 0 amide bonds. The van der Waals surface area contributed by atoms with Gasteiger partial charge in [-0.25, -0.2) is 0 Å². The zero-order valence-electron chi connectivity index (χ0n) is 11.9. The number of aliphatic carboxylic acids is 1. The van der Waals surface area contributed by atoms with Crippen molar-refractivity contribution in [3.8, 4) is 0 Å². The van der Waals surface area contributed by atoms with Gasteiger partial charge in [0.25, 0.3) is 0 Å². The predicted molar refractivity (Wildman–Crippen MR) is 86.1 cm³/mol. The Hall–Kier alpha value is -0.870. The normalized spacial score (nSPS) is 17.5. The van der Waals surface area contributed by atoms with Gasteiger partial charge in [0.15, 0.2) is 5.78 Å². The summed E-state index contributed by atoms with van der Waals surface area (Å²) in [6.07, 6.45) is 4.83. The zero-order valence-corrected chi connectivity index (χ0v) is 14.3. The molecule has 5 heteroatoms. The minimum absolute atomic E-state index is 0.0801. The maximum absolute atomic E-state index is 12.0. The second kappa shape index (κ2) is 6.49. The molecule has 0 radical (unpaired) electrons. The Morgan fingerprint density at radius 2 is 1.90 bits per heavy atom. The Kier molecular flexibility index (Phi) is 5.10. The molecular weight excluding hydrogens is 356 g/mol. The lowest BCUT2D eigenvalue weighted by Gasteiger charge is -2.34. The minimum Gasteiger partial charge on any atom is -0.481 e. The highest BCUT2D eigenvalue weighted by Crippen LogP contribution is 2.47. The average Bonchev–Trinajstić information content (AvgIpc) is 2.37. The molecule has 0 unspecified atom stereocenters. The predicted octanol–water partition coefficient (Wildman–Crippen LogP) is 4.68. The molecule has 1 fully saturated rings. The van der Waals surface area contributed by atoms with Crippen molar-refractivity contribution in [2.24, 2.45) is 0 Å². The molecule has 1 aromatic carbocycles. The summed E-state index contributed by atoms with van der Waals surface area (Å²) in [5.74, 6) is -0.994. The molecule has 1 aliphatic carbocycles. The van der Waals surface area contributed by atoms with Crippen LogP contribution in [0.15, 0.2) is 16.6 Å². The topological polar surface area (TPSA) is 54.4 Å². The molecular formula is C16H18BrClO3. The number of carboxylic acids is 1. The third-order valence-electron chi connectivity index (χ3n) is 3.98. The number of ketones is 1. The van der Waals surface area contributed by atoms with Crippen LogP contribution in [0.2, 0.25) is 0 Å². The lowest BCUT2D eigenvalue weighted by Crippen LogP contribution is -2.25. The summed E-state index contributed by atoms with van der Waals surface area (Å²) in [5, 5.41) is 8.93. The number of Topliss-reactive ketones (excluding diaryl/α,β-unsaturated/α-hetero) is 1. The van der Waals surface area contributed by atoms with Crippen LogP contribution in [0.1, 0.15) is 60.5 Å². The monoisotopic (exact) mass is 372 g/mol. The number of hydrogen-bond donors (Lipinski definition) is 1. The second-order valence-corrected chi connectivity index (χ2v) is 7.23. The Morgan fingerprint density at radius 3 is 2.43 bits per heavy atom. The van der Waals surface area contributed by atoms with Gasteiger partial charge >= 0.3 is 5.97 Å². The van der Waals surface area contributed by atoms with E-state index in [0.717, 1.165) is 35.7 Å². The van der Waals surface area contributed by atoms with Crippen LogP contribution in [-0.2, 0) is 16.1 Å². The SMILES string of the molecule is CC(=O)c1cc(CC(=O)O)cc(Br)c1C1(Cl)CCCCC1. The highest BCUT2D eigenvalue weighted by Gasteiger charge is 2.36. The third kappa shape index (κ3) is 3.67. The van der Waals surface area contributed by atoms with Crippen molar-refractivity contribution in [3.63, 3.8) is 0 Å². The summed E-state index contributed by atoms with van der Waals surface area (Å²) in [6, 6.07) is 3.45. The molecule has 3 nitrogen and oxygen atoms in total. The molecule has 1 saturated carbocycles. The van der Waals surface area contributed by atoms with E-state index in [0.29, 0.717) is 11.1 Å². The zero-order chi connectivity index (χ0) is 15.6. The van der Waals surface area contributed by atoms with Crippen LogP contribution in [-0.4, -0.2) is 16.9 Å². The van der Waals surface area contributed by atoms with Crippen molar-refractivity contribution >= 4 is 39.3 Å². The lowest BCUT2D eigenvalue weighted by atomic mass is 9.80. The number of carbonyl (C=O) groups excluding carboxylic acids is 1. The van der Waals surface area contributed by atoms with Crippen LogP contribution < -0.4 is 0 Å². The summed E-state index contributed by atoms with van der Waals surface area (Å²) < 4.78 is 0.739. The summed E-state index contributed by atoms with van der Waals surface area (Å²) in [4.78, 5) is 22.4. The highest BCUT2D eigenvalue weighted by molar-refractivity contribution is 9.10. The first-order valence-corrected chi connectivity index (χ1v) is 8.25. The molecule has 0 spiro atoms. The molecule has 0 bridgehead atoms. The number of halogens is 2. The molecule has 114 valence electrons. The van der Waals surface area contributed by atoms with Gasteiger partial charge in [-0.2, -0.15) is 0 Å². The van der Waals surface area contributed by atoms with Gasteiger partial charge in [0, 0.05) is 10.0 Å². The fourth-order valence-electron chi connectivity index (χ4n) is 3.03. The summed E-state index contributed by atoms with van der Waals surface area (Å²) >= 11 is 10.3. The van der Waals surface area contributed by atoms with E-state index < -0.39 is 10.8 Å². The van der Waals surface area contributed by atoms with Crippen molar-refractivity contribution in [2.75, 3.05) is 0 Å². The van der Waals surface area contributed by atoms with Crippen molar-refractivity contribution in [1.29, 1.82) is 0 Å². The third-order valence-corrected chi connectivity index (χ3v) is 5.17. The van der Waals surface area contributed by atoms with Crippen LogP contribution in [0.4, 0.5) is 0 Å². The molecule has 0 aliphatic heterocycles. The van der Waals surface area contributed by atoms with E-state index in [-0.39, 0.29) is 12.2 Å². The summed E-state index contributed by atoms with van der Waals surface area (Å²) in [6.45, 7) is 1.50. The average molecular weight is 374 g/mol. The first kappa shape index (κ1) is 16.5. The largest absolute Gasteiger partial charge is 0.481 e. The standard InChI is InChI=1S/C16H18BrClO3/c1-10(19)12-7-11(9-14(20)21)8-13(17)15(12)16(18)5-3-2-4-6-16/h7-8H,2-6,9H2,1H3,(H,20,21). The van der Waals surface area contributed by atoms with Gasteiger partial charge in [0.1, 0.15) is 0 Å². The molecule has 2 rings (SSSR count). The molecule has 0 saturated heterocycles. The summed E-state index contributed by atoms with van der Waals surface area (Å²) in [5.41, 5.74) is 1.97. The Labute approximate surface area is 137 Å². The first-order valence-electron chi connectivity index (χ1n) is 7.08. The number of carboxylic acid groups (broad SMARTS) is 1. The molecule has 0 heterocycles. The van der Waals surface area contributed by atoms with Gasteiger partial charge in [-0.15, -0.1) is 11.6 Å². The highest BCUT2D eigenvalue weighted by atomic mass is 79.9. The second-order valence-electron chi connectivity index (χ2n) is 5.65. The number of rotatable bonds is 4. The fourth-order valence-corrected chi connectivity index (χ4v) is 4.51. The maximum atomic E-state index is 12.0. The van der Waals surface area contributed by atoms with Crippen molar-refractivity contribution < 1.29 is 14.7 Å². The Bertz CT molecular complexity index is 577. The van der Waals surface area contributed by atoms with E-state index in [4.69, 9.17) is 16.7 Å². The van der Waals surface area contributed by atoms with Crippen molar-refractivity contribution in [3.05, 3.63) is 33.3 Å². The van der Waals surface area contributed by atoms with Crippen LogP contribution in [0.25, 0.3) is 0 Å². The van der Waals surface area contributed by atoms with Gasteiger partial charge in [-0.05, 0) is 43.0 Å². The van der Waals surface area contributed by atoms with E-state index in [1.165, 1.54) is 13.3 Å². The molecule has 0 aromatic heterocycles. The van der Waals surface area contributed by atoms with Gasteiger partial charge in [0.05, 0.1) is 11.3 Å². The van der Waals surface area contributed by atoms with Gasteiger partial charge in [-0.3, -0.25) is 9.59 Å². The lowest BCUT2D eigenvalue weighted by molar-refractivity contribution is -0.136. The van der Waals surface area contributed by atoms with Crippen molar-refractivity contribution in [2.45, 2.75) is 50.3 Å². The smallest absolute Gasteiger partial charge is 0.307 e. The van der Waals surface area contributed by atoms with Crippen LogP contribution in [0, 0.1) is 0 Å². The quantitative estimate of drug-likeness (QED) is 0.616. The number of alkyl halides is 1. The molecule has 1 aliphatic rings. The van der Waals surface area contributed by atoms with Crippen LogP contribution in [0.5, 0.6) is 0 Å². The number of carbonyl (C=O) groups is 2. The van der Waals surface area contributed by atoms with Gasteiger partial charge in [-0.1, -0.05) is 35.2 Å². The maximum Gasteiger partial charge on any atom is 0.307 e. The van der Waals surface area contributed by atoms with E-state index in [2.05, 4.69) is 15.9 Å². The molecule has 0 atom stereocenters. The molecule has 21 heavy (non-hydrogen) atoms. The first-order chi connectivity index (χ1) is 9.83. The summed E-state index contributed by atoms with van der Waals surface area (Å²) in [7, 11) is 0. The Balaban J connectivity index is 2.54. The molecule has 1 N–H and O–H groups in total. The number of benzene rings is 1. The molecule has 1 aromatic rings. The minimum atomic E-state index is -0.914. The van der Waals surface area contributed by atoms with Crippen LogP contribution >= 0.6 is 27.5 Å². The van der Waals surface area contributed by atoms with Crippen LogP contribution in [0.3, 0.4) is 0 Å². The van der Waals surface area contributed by atoms with E-state index in [9.17, 15) is 9.59 Å². The Morgan fingerprint density at radius 1 is 1.29 bits per heavy atom. The van der Waals surface area contributed by atoms with E-state index >= 15 is 0 Å². The van der Waals surface area contributed by atoms with Crippen molar-refractivity contribution in [1.82, 2.24) is 0 Å².